The van der Waals surface area contributed by atoms with Crippen LogP contribution in [0.5, 0.6) is 5.75 Å². The summed E-state index contributed by atoms with van der Waals surface area (Å²) in [7, 11) is 0. The van der Waals surface area contributed by atoms with Crippen molar-refractivity contribution in [1.82, 2.24) is 4.90 Å². The largest absolute Gasteiger partial charge is 0.484 e. The highest BCUT2D eigenvalue weighted by molar-refractivity contribution is 5.99. The van der Waals surface area contributed by atoms with Crippen LogP contribution >= 0.6 is 0 Å². The summed E-state index contributed by atoms with van der Waals surface area (Å²) in [6.07, 6.45) is 2.08. The molecule has 1 aliphatic carbocycles. The van der Waals surface area contributed by atoms with E-state index in [0.717, 1.165) is 25.9 Å². The second-order valence-electron chi connectivity index (χ2n) is 7.51. The Morgan fingerprint density at radius 3 is 2.31 bits per heavy atom. The molecular formula is C19H24N2O5. The van der Waals surface area contributed by atoms with Gasteiger partial charge >= 0.3 is 5.97 Å². The second kappa shape index (κ2) is 6.97. The fourth-order valence-corrected chi connectivity index (χ4v) is 3.65. The molecule has 2 amide bonds. The van der Waals surface area contributed by atoms with Crippen LogP contribution in [-0.4, -0.2) is 47.5 Å². The zero-order valence-corrected chi connectivity index (χ0v) is 15.0. The Kier molecular flexibility index (Phi) is 4.89. The van der Waals surface area contributed by atoms with E-state index in [4.69, 9.17) is 9.84 Å². The lowest BCUT2D eigenvalue weighted by molar-refractivity contribution is -0.140. The van der Waals surface area contributed by atoms with E-state index in [-0.39, 0.29) is 18.4 Å². The molecule has 2 fully saturated rings. The summed E-state index contributed by atoms with van der Waals surface area (Å²) < 4.78 is 5.50. The zero-order valence-electron chi connectivity index (χ0n) is 15.0. The monoisotopic (exact) mass is 360 g/mol. The summed E-state index contributed by atoms with van der Waals surface area (Å²) in [5, 5.41) is 11.9. The molecule has 3 rings (SSSR count). The number of nitrogens with zero attached hydrogens (tertiary/aromatic N) is 1. The minimum absolute atomic E-state index is 0.00224. The van der Waals surface area contributed by atoms with E-state index in [1.165, 1.54) is 0 Å². The van der Waals surface area contributed by atoms with Crippen LogP contribution in [0.25, 0.3) is 0 Å². The van der Waals surface area contributed by atoms with Crippen molar-refractivity contribution < 1.29 is 24.2 Å². The quantitative estimate of drug-likeness (QED) is 0.809. The maximum Gasteiger partial charge on any atom is 0.307 e. The van der Waals surface area contributed by atoms with Crippen LogP contribution < -0.4 is 10.1 Å². The van der Waals surface area contributed by atoms with Crippen molar-refractivity contribution in [1.29, 1.82) is 0 Å². The first kappa shape index (κ1) is 18.2. The van der Waals surface area contributed by atoms with Crippen LogP contribution in [0, 0.1) is 17.3 Å². The number of anilines is 1. The van der Waals surface area contributed by atoms with Crippen molar-refractivity contribution in [2.45, 2.75) is 26.7 Å². The zero-order chi connectivity index (χ0) is 18.9. The van der Waals surface area contributed by atoms with Crippen LogP contribution in [0.1, 0.15) is 26.7 Å². The number of benzene rings is 1. The molecular weight excluding hydrogens is 336 g/mol. The van der Waals surface area contributed by atoms with Crippen molar-refractivity contribution in [2.75, 3.05) is 25.0 Å². The Morgan fingerprint density at radius 1 is 1.15 bits per heavy atom. The Morgan fingerprint density at radius 2 is 1.77 bits per heavy atom. The van der Waals surface area contributed by atoms with Crippen molar-refractivity contribution in [2.24, 2.45) is 17.3 Å². The molecule has 1 aromatic rings. The fraction of sp³-hybridized carbons (Fsp3) is 0.526. The highest BCUT2D eigenvalue weighted by Crippen LogP contribution is 2.58. The number of likely N-dealkylation sites (tertiary alicyclic amines) is 1. The summed E-state index contributed by atoms with van der Waals surface area (Å²) >= 11 is 0. The van der Waals surface area contributed by atoms with Gasteiger partial charge in [0.25, 0.3) is 5.91 Å². The second-order valence-corrected chi connectivity index (χ2v) is 7.51. The number of hydrogen-bond acceptors (Lipinski definition) is 4. The third-order valence-electron chi connectivity index (χ3n) is 5.32. The Bertz CT molecular complexity index is 707. The number of ether oxygens (including phenoxy) is 1. The predicted octanol–water partition coefficient (Wildman–Crippen LogP) is 1.98. The minimum Gasteiger partial charge on any atom is -0.484 e. The van der Waals surface area contributed by atoms with Gasteiger partial charge in [0.1, 0.15) is 5.75 Å². The number of carboxylic acid groups (broad SMARTS) is 1. The van der Waals surface area contributed by atoms with E-state index in [1.54, 1.807) is 43.0 Å². The Balaban J connectivity index is 1.51. The minimum atomic E-state index is -0.943. The molecule has 0 bridgehead atoms. The molecule has 1 saturated carbocycles. The third kappa shape index (κ3) is 3.66. The lowest BCUT2D eigenvalue weighted by atomic mass is 10.1. The van der Waals surface area contributed by atoms with Crippen LogP contribution in [0.15, 0.2) is 24.3 Å². The first-order chi connectivity index (χ1) is 12.3. The summed E-state index contributed by atoms with van der Waals surface area (Å²) in [5.41, 5.74) is 0.0367. The van der Waals surface area contributed by atoms with Gasteiger partial charge in [0.05, 0.1) is 11.8 Å². The smallest absolute Gasteiger partial charge is 0.307 e. The highest BCUT2D eigenvalue weighted by Gasteiger charge is 2.65. The SMILES string of the molecule is CC1(C)[C@H](C(=O)Nc2ccc(OCC(=O)N3CCCC3)cc2)[C@@H]1C(=O)O. The van der Waals surface area contributed by atoms with Gasteiger partial charge in [-0.15, -0.1) is 0 Å². The highest BCUT2D eigenvalue weighted by atomic mass is 16.5. The van der Waals surface area contributed by atoms with Gasteiger partial charge in [-0.3, -0.25) is 14.4 Å². The van der Waals surface area contributed by atoms with Crippen LogP contribution in [0.3, 0.4) is 0 Å². The molecule has 1 saturated heterocycles. The molecule has 2 aliphatic rings. The van der Waals surface area contributed by atoms with Gasteiger partial charge in [-0.1, -0.05) is 13.8 Å². The van der Waals surface area contributed by atoms with Gasteiger partial charge < -0.3 is 20.1 Å². The van der Waals surface area contributed by atoms with E-state index >= 15 is 0 Å². The van der Waals surface area contributed by atoms with E-state index < -0.39 is 23.2 Å². The number of amides is 2. The number of hydrogen-bond donors (Lipinski definition) is 2. The molecule has 0 spiro atoms. The van der Waals surface area contributed by atoms with Crippen molar-refractivity contribution in [3.05, 3.63) is 24.3 Å². The molecule has 1 aromatic carbocycles. The van der Waals surface area contributed by atoms with E-state index in [1.807, 2.05) is 0 Å². The van der Waals surface area contributed by atoms with E-state index in [9.17, 15) is 14.4 Å². The van der Waals surface area contributed by atoms with E-state index in [0.29, 0.717) is 11.4 Å². The molecule has 0 aromatic heterocycles. The van der Waals surface area contributed by atoms with Gasteiger partial charge in [0.15, 0.2) is 6.61 Å². The van der Waals surface area contributed by atoms with Crippen molar-refractivity contribution >= 4 is 23.5 Å². The first-order valence-electron chi connectivity index (χ1n) is 8.85. The standard InChI is InChI=1S/C19H24N2O5/c1-19(2)15(16(19)18(24)25)17(23)20-12-5-7-13(8-6-12)26-11-14(22)21-9-3-4-10-21/h5-8,15-16H,3-4,9-11H2,1-2H3,(H,20,23)(H,24,25)/t15-,16+/m0/s1. The van der Waals surface area contributed by atoms with Crippen LogP contribution in [0.2, 0.25) is 0 Å². The lowest BCUT2D eigenvalue weighted by Gasteiger charge is -2.15. The molecule has 1 aliphatic heterocycles. The normalized spacial score (nSPS) is 23.4. The maximum atomic E-state index is 12.3. The summed E-state index contributed by atoms with van der Waals surface area (Å²) in [6, 6.07) is 6.72. The topological polar surface area (TPSA) is 95.9 Å². The average molecular weight is 360 g/mol. The third-order valence-corrected chi connectivity index (χ3v) is 5.32. The molecule has 1 heterocycles. The Labute approximate surface area is 152 Å². The van der Waals surface area contributed by atoms with Crippen LogP contribution in [-0.2, 0) is 14.4 Å². The number of nitrogens with one attached hydrogen (secondary N) is 1. The molecule has 7 heteroatoms. The molecule has 0 radical (unpaired) electrons. The van der Waals surface area contributed by atoms with Gasteiger partial charge in [0.2, 0.25) is 5.91 Å². The predicted molar refractivity (Wildman–Crippen MR) is 94.8 cm³/mol. The van der Waals surface area contributed by atoms with Crippen molar-refractivity contribution in [3.63, 3.8) is 0 Å². The molecule has 2 N–H and O–H groups in total. The molecule has 140 valence electrons. The number of aliphatic carboxylic acids is 1. The number of carboxylic acids is 1. The van der Waals surface area contributed by atoms with Gasteiger partial charge in [-0.25, -0.2) is 0 Å². The maximum absolute atomic E-state index is 12.3. The summed E-state index contributed by atoms with van der Waals surface area (Å²) in [6.45, 7) is 5.15. The Hall–Kier alpha value is -2.57. The molecule has 7 nitrogen and oxygen atoms in total. The molecule has 26 heavy (non-hydrogen) atoms. The molecule has 2 atom stereocenters. The fourth-order valence-electron chi connectivity index (χ4n) is 3.65. The lowest BCUT2D eigenvalue weighted by Crippen LogP contribution is -2.32. The van der Waals surface area contributed by atoms with Gasteiger partial charge in [0, 0.05) is 18.8 Å². The van der Waals surface area contributed by atoms with Crippen molar-refractivity contribution in [3.8, 4) is 5.75 Å². The van der Waals surface area contributed by atoms with E-state index in [2.05, 4.69) is 5.32 Å². The number of carbonyl (C=O) groups excluding carboxylic acids is 2. The molecule has 0 unspecified atom stereocenters. The number of carbonyl (C=O) groups is 3. The van der Waals surface area contributed by atoms with Gasteiger partial charge in [-0.05, 0) is 42.5 Å². The first-order valence-corrected chi connectivity index (χ1v) is 8.85. The summed E-state index contributed by atoms with van der Waals surface area (Å²) in [5.74, 6) is -1.89. The van der Waals surface area contributed by atoms with Crippen LogP contribution in [0.4, 0.5) is 5.69 Å². The van der Waals surface area contributed by atoms with Gasteiger partial charge in [-0.2, -0.15) is 0 Å². The average Bonchev–Trinajstić information content (AvgIpc) is 2.96. The summed E-state index contributed by atoms with van der Waals surface area (Å²) in [4.78, 5) is 37.2. The number of rotatable bonds is 6.